The Morgan fingerprint density at radius 2 is 2.07 bits per heavy atom. The fourth-order valence-corrected chi connectivity index (χ4v) is 3.23. The monoisotopic (exact) mass is 193 g/mol. The minimum Gasteiger partial charge on any atom is -0.198 e. The Morgan fingerprint density at radius 3 is 2.57 bits per heavy atom. The van der Waals surface area contributed by atoms with Gasteiger partial charge in [0.2, 0.25) is 0 Å². The maximum absolute atomic E-state index is 8.81. The predicted octanol–water partition coefficient (Wildman–Crippen LogP) is 4.00. The first kappa shape index (κ1) is 11.6. The number of rotatable bonds is 3. The Morgan fingerprint density at radius 1 is 1.36 bits per heavy atom. The molecule has 1 heteroatoms. The Bertz CT molecular complexity index is 202. The second-order valence-electron chi connectivity index (χ2n) is 5.03. The van der Waals surface area contributed by atoms with Crippen molar-refractivity contribution >= 4 is 0 Å². The fraction of sp³-hybridized carbons (Fsp3) is 0.923. The zero-order valence-electron chi connectivity index (χ0n) is 9.79. The van der Waals surface area contributed by atoms with Crippen molar-refractivity contribution in [2.45, 2.75) is 52.9 Å². The summed E-state index contributed by atoms with van der Waals surface area (Å²) in [6.45, 7) is 6.96. The first-order chi connectivity index (χ1) is 6.70. The Labute approximate surface area is 88.5 Å². The van der Waals surface area contributed by atoms with Crippen LogP contribution < -0.4 is 0 Å². The molecule has 0 aliphatic heterocycles. The lowest BCUT2D eigenvalue weighted by atomic mass is 9.66. The van der Waals surface area contributed by atoms with Crippen LogP contribution in [0.1, 0.15) is 52.9 Å². The minimum atomic E-state index is 0.686. The summed E-state index contributed by atoms with van der Waals surface area (Å²) in [5.74, 6) is 3.16. The lowest BCUT2D eigenvalue weighted by Crippen LogP contribution is -2.30. The molecule has 14 heavy (non-hydrogen) atoms. The molecular formula is C13H23N. The second kappa shape index (κ2) is 5.39. The lowest BCUT2D eigenvalue weighted by molar-refractivity contribution is 0.111. The minimum absolute atomic E-state index is 0.686. The zero-order chi connectivity index (χ0) is 10.6. The van der Waals surface area contributed by atoms with Gasteiger partial charge in [-0.05, 0) is 36.5 Å². The van der Waals surface area contributed by atoms with Gasteiger partial charge >= 0.3 is 0 Å². The first-order valence-electron chi connectivity index (χ1n) is 6.07. The average Bonchev–Trinajstić information content (AvgIpc) is 2.18. The Balaban J connectivity index is 2.65. The van der Waals surface area contributed by atoms with Crippen LogP contribution in [0.3, 0.4) is 0 Å². The maximum Gasteiger partial charge on any atom is 0.0624 e. The van der Waals surface area contributed by atoms with E-state index in [4.69, 9.17) is 5.26 Å². The molecule has 0 heterocycles. The van der Waals surface area contributed by atoms with Crippen LogP contribution in [0, 0.1) is 35.0 Å². The lowest BCUT2D eigenvalue weighted by Gasteiger charge is -2.39. The standard InChI is InChI=1S/C13H23N/c1-4-12-11(8-9-14)6-5-7-13(12)10(2)3/h10-13H,4-8H2,1-3H3. The van der Waals surface area contributed by atoms with E-state index in [2.05, 4.69) is 26.8 Å². The molecule has 0 aromatic rings. The van der Waals surface area contributed by atoms with Crippen molar-refractivity contribution in [2.75, 3.05) is 0 Å². The maximum atomic E-state index is 8.81. The van der Waals surface area contributed by atoms with Crippen LogP contribution in [-0.4, -0.2) is 0 Å². The molecule has 0 saturated heterocycles. The molecule has 0 aromatic carbocycles. The van der Waals surface area contributed by atoms with Crippen LogP contribution in [0.5, 0.6) is 0 Å². The van der Waals surface area contributed by atoms with E-state index in [1.165, 1.54) is 25.7 Å². The van der Waals surface area contributed by atoms with E-state index < -0.39 is 0 Å². The van der Waals surface area contributed by atoms with Crippen molar-refractivity contribution in [1.82, 2.24) is 0 Å². The molecule has 1 saturated carbocycles. The van der Waals surface area contributed by atoms with Gasteiger partial charge in [0, 0.05) is 6.42 Å². The van der Waals surface area contributed by atoms with E-state index in [1.807, 2.05) is 0 Å². The third kappa shape index (κ3) is 2.50. The van der Waals surface area contributed by atoms with Gasteiger partial charge in [-0.2, -0.15) is 5.26 Å². The summed E-state index contributed by atoms with van der Waals surface area (Å²) >= 11 is 0. The van der Waals surface area contributed by atoms with Gasteiger partial charge in [0.05, 0.1) is 6.07 Å². The van der Waals surface area contributed by atoms with Crippen molar-refractivity contribution in [3.8, 4) is 6.07 Å². The van der Waals surface area contributed by atoms with Gasteiger partial charge in [0.15, 0.2) is 0 Å². The summed E-state index contributed by atoms with van der Waals surface area (Å²) in [6.07, 6.45) is 6.05. The average molecular weight is 193 g/mol. The first-order valence-corrected chi connectivity index (χ1v) is 6.07. The van der Waals surface area contributed by atoms with E-state index in [-0.39, 0.29) is 0 Å². The molecule has 3 unspecified atom stereocenters. The highest BCUT2D eigenvalue weighted by molar-refractivity contribution is 4.87. The van der Waals surface area contributed by atoms with Gasteiger partial charge in [-0.3, -0.25) is 0 Å². The molecule has 1 rings (SSSR count). The quantitative estimate of drug-likeness (QED) is 0.664. The van der Waals surface area contributed by atoms with Gasteiger partial charge in [-0.25, -0.2) is 0 Å². The van der Waals surface area contributed by atoms with Crippen LogP contribution in [0.15, 0.2) is 0 Å². The highest BCUT2D eigenvalue weighted by atomic mass is 14.4. The van der Waals surface area contributed by atoms with Crippen LogP contribution in [-0.2, 0) is 0 Å². The van der Waals surface area contributed by atoms with Crippen molar-refractivity contribution in [3.63, 3.8) is 0 Å². The molecule has 0 spiro atoms. The molecule has 80 valence electrons. The number of hydrogen-bond acceptors (Lipinski definition) is 1. The molecule has 1 nitrogen and oxygen atoms in total. The Hall–Kier alpha value is -0.510. The Kier molecular flexibility index (Phi) is 4.45. The third-order valence-electron chi connectivity index (χ3n) is 3.95. The van der Waals surface area contributed by atoms with Gasteiger partial charge < -0.3 is 0 Å². The summed E-state index contributed by atoms with van der Waals surface area (Å²) < 4.78 is 0. The smallest absolute Gasteiger partial charge is 0.0624 e. The fourth-order valence-electron chi connectivity index (χ4n) is 3.23. The predicted molar refractivity (Wildman–Crippen MR) is 59.7 cm³/mol. The summed E-state index contributed by atoms with van der Waals surface area (Å²) in [7, 11) is 0. The molecule has 1 aliphatic carbocycles. The van der Waals surface area contributed by atoms with E-state index in [0.717, 1.165) is 24.2 Å². The normalized spacial score (nSPS) is 32.9. The van der Waals surface area contributed by atoms with Gasteiger partial charge in [0.25, 0.3) is 0 Å². The van der Waals surface area contributed by atoms with E-state index in [0.29, 0.717) is 5.92 Å². The highest BCUT2D eigenvalue weighted by Gasteiger charge is 2.33. The molecule has 0 radical (unpaired) electrons. The topological polar surface area (TPSA) is 23.8 Å². The number of hydrogen-bond donors (Lipinski definition) is 0. The zero-order valence-corrected chi connectivity index (χ0v) is 9.79. The van der Waals surface area contributed by atoms with Gasteiger partial charge in [0.1, 0.15) is 0 Å². The molecule has 1 fully saturated rings. The highest BCUT2D eigenvalue weighted by Crippen LogP contribution is 2.41. The SMILES string of the molecule is CCC1C(CC#N)CCCC1C(C)C. The molecule has 0 aromatic heterocycles. The summed E-state index contributed by atoms with van der Waals surface area (Å²) in [6, 6.07) is 2.36. The molecule has 3 atom stereocenters. The van der Waals surface area contributed by atoms with Crippen molar-refractivity contribution in [1.29, 1.82) is 5.26 Å². The summed E-state index contributed by atoms with van der Waals surface area (Å²) in [5.41, 5.74) is 0. The van der Waals surface area contributed by atoms with E-state index in [1.54, 1.807) is 0 Å². The number of nitriles is 1. The van der Waals surface area contributed by atoms with Crippen LogP contribution >= 0.6 is 0 Å². The second-order valence-corrected chi connectivity index (χ2v) is 5.03. The van der Waals surface area contributed by atoms with Crippen LogP contribution in [0.2, 0.25) is 0 Å². The van der Waals surface area contributed by atoms with Crippen molar-refractivity contribution in [2.24, 2.45) is 23.7 Å². The van der Waals surface area contributed by atoms with Gasteiger partial charge in [-0.1, -0.05) is 33.6 Å². The summed E-state index contributed by atoms with van der Waals surface area (Å²) in [4.78, 5) is 0. The van der Waals surface area contributed by atoms with Crippen molar-refractivity contribution < 1.29 is 0 Å². The van der Waals surface area contributed by atoms with E-state index >= 15 is 0 Å². The van der Waals surface area contributed by atoms with Crippen LogP contribution in [0.25, 0.3) is 0 Å². The van der Waals surface area contributed by atoms with E-state index in [9.17, 15) is 0 Å². The van der Waals surface area contributed by atoms with Crippen LogP contribution in [0.4, 0.5) is 0 Å². The van der Waals surface area contributed by atoms with Gasteiger partial charge in [-0.15, -0.1) is 0 Å². The molecule has 0 amide bonds. The number of nitrogens with zero attached hydrogens (tertiary/aromatic N) is 1. The summed E-state index contributed by atoms with van der Waals surface area (Å²) in [5, 5.41) is 8.81. The molecule has 1 aliphatic rings. The third-order valence-corrected chi connectivity index (χ3v) is 3.95. The molecule has 0 bridgehead atoms. The largest absolute Gasteiger partial charge is 0.198 e. The molecule has 0 N–H and O–H groups in total. The van der Waals surface area contributed by atoms with Crippen molar-refractivity contribution in [3.05, 3.63) is 0 Å². The molecular weight excluding hydrogens is 170 g/mol.